The molecular formula is C12H18N2O3. The summed E-state index contributed by atoms with van der Waals surface area (Å²) in [6, 6.07) is 1.40. The zero-order chi connectivity index (χ0) is 12.3. The van der Waals surface area contributed by atoms with Crippen LogP contribution in [0.3, 0.4) is 0 Å². The van der Waals surface area contributed by atoms with Crippen molar-refractivity contribution in [2.45, 2.75) is 38.7 Å². The van der Waals surface area contributed by atoms with E-state index in [1.807, 2.05) is 13.8 Å². The average molecular weight is 238 g/mol. The number of aromatic nitrogens is 2. The first-order valence-electron chi connectivity index (χ1n) is 6.01. The second kappa shape index (κ2) is 5.31. The topological polar surface area (TPSA) is 64.2 Å². The van der Waals surface area contributed by atoms with Crippen molar-refractivity contribution in [2.24, 2.45) is 0 Å². The highest BCUT2D eigenvalue weighted by atomic mass is 16.5. The van der Waals surface area contributed by atoms with Crippen LogP contribution in [0.15, 0.2) is 10.9 Å². The molecule has 2 heterocycles. The van der Waals surface area contributed by atoms with Gasteiger partial charge in [-0.05, 0) is 0 Å². The lowest BCUT2D eigenvalue weighted by Gasteiger charge is -2.22. The number of ether oxygens (including phenoxy) is 2. The molecule has 0 aliphatic carbocycles. The Kier molecular flexibility index (Phi) is 3.78. The zero-order valence-corrected chi connectivity index (χ0v) is 10.2. The molecule has 0 radical (unpaired) electrons. The quantitative estimate of drug-likeness (QED) is 0.865. The Morgan fingerprint density at radius 2 is 2.18 bits per heavy atom. The van der Waals surface area contributed by atoms with Gasteiger partial charge in [-0.1, -0.05) is 13.8 Å². The van der Waals surface area contributed by atoms with Crippen LogP contribution in [0.25, 0.3) is 0 Å². The number of aromatic amines is 1. The highest BCUT2D eigenvalue weighted by Crippen LogP contribution is 2.16. The normalized spacial score (nSPS) is 17.4. The molecule has 1 aliphatic heterocycles. The Morgan fingerprint density at radius 1 is 1.47 bits per heavy atom. The van der Waals surface area contributed by atoms with E-state index in [9.17, 15) is 4.79 Å². The largest absolute Gasteiger partial charge is 0.474 e. The fourth-order valence-corrected chi connectivity index (χ4v) is 1.75. The van der Waals surface area contributed by atoms with E-state index in [2.05, 4.69) is 9.97 Å². The third kappa shape index (κ3) is 3.30. The van der Waals surface area contributed by atoms with Crippen molar-refractivity contribution in [1.82, 2.24) is 9.97 Å². The second-order valence-corrected chi connectivity index (χ2v) is 4.55. The van der Waals surface area contributed by atoms with Gasteiger partial charge in [0.15, 0.2) is 0 Å². The fraction of sp³-hybridized carbons (Fsp3) is 0.667. The monoisotopic (exact) mass is 238 g/mol. The Labute approximate surface area is 100 Å². The maximum atomic E-state index is 11.5. The number of hydrogen-bond donors (Lipinski definition) is 1. The van der Waals surface area contributed by atoms with Crippen LogP contribution in [0.4, 0.5) is 0 Å². The molecule has 0 aromatic carbocycles. The van der Waals surface area contributed by atoms with E-state index in [1.165, 1.54) is 6.07 Å². The molecule has 0 saturated carbocycles. The first-order chi connectivity index (χ1) is 8.15. The molecule has 1 aromatic rings. The summed E-state index contributed by atoms with van der Waals surface area (Å²) in [6.45, 7) is 5.39. The number of hydrogen-bond acceptors (Lipinski definition) is 4. The third-order valence-corrected chi connectivity index (χ3v) is 2.74. The summed E-state index contributed by atoms with van der Waals surface area (Å²) in [7, 11) is 0. The van der Waals surface area contributed by atoms with Crippen LogP contribution in [0.2, 0.25) is 0 Å². The minimum atomic E-state index is -0.161. The van der Waals surface area contributed by atoms with Gasteiger partial charge in [0.2, 0.25) is 5.88 Å². The fourth-order valence-electron chi connectivity index (χ4n) is 1.75. The molecule has 1 saturated heterocycles. The summed E-state index contributed by atoms with van der Waals surface area (Å²) < 4.78 is 11.0. The number of H-pyrrole nitrogens is 1. The van der Waals surface area contributed by atoms with E-state index >= 15 is 0 Å². The Hall–Kier alpha value is -1.36. The minimum absolute atomic E-state index is 0.109. The van der Waals surface area contributed by atoms with Gasteiger partial charge < -0.3 is 14.5 Å². The maximum Gasteiger partial charge on any atom is 0.254 e. The van der Waals surface area contributed by atoms with Gasteiger partial charge >= 0.3 is 0 Å². The van der Waals surface area contributed by atoms with Gasteiger partial charge in [-0.15, -0.1) is 0 Å². The van der Waals surface area contributed by atoms with Crippen molar-refractivity contribution in [1.29, 1.82) is 0 Å². The smallest absolute Gasteiger partial charge is 0.254 e. The molecule has 17 heavy (non-hydrogen) atoms. The van der Waals surface area contributed by atoms with Crippen molar-refractivity contribution in [3.63, 3.8) is 0 Å². The molecular weight excluding hydrogens is 220 g/mol. The first-order valence-corrected chi connectivity index (χ1v) is 6.01. The lowest BCUT2D eigenvalue weighted by Crippen LogP contribution is -2.27. The molecule has 0 spiro atoms. The predicted octanol–water partition coefficient (Wildman–Crippen LogP) is 1.45. The molecule has 0 atom stereocenters. The molecule has 5 nitrogen and oxygen atoms in total. The minimum Gasteiger partial charge on any atom is -0.474 e. The van der Waals surface area contributed by atoms with Gasteiger partial charge in [0, 0.05) is 18.8 Å². The SMILES string of the molecule is CC(C)c1nc(OC2CCOCC2)cc(=O)[nH]1. The van der Waals surface area contributed by atoms with Crippen LogP contribution in [0.1, 0.15) is 38.4 Å². The zero-order valence-electron chi connectivity index (χ0n) is 10.2. The lowest BCUT2D eigenvalue weighted by atomic mass is 10.1. The molecule has 94 valence electrons. The Morgan fingerprint density at radius 3 is 2.82 bits per heavy atom. The van der Waals surface area contributed by atoms with E-state index in [1.54, 1.807) is 0 Å². The van der Waals surface area contributed by atoms with Crippen molar-refractivity contribution in [3.8, 4) is 5.88 Å². The highest BCUT2D eigenvalue weighted by Gasteiger charge is 2.16. The maximum absolute atomic E-state index is 11.5. The Bertz CT molecular complexity index is 422. The van der Waals surface area contributed by atoms with Gasteiger partial charge in [0.05, 0.1) is 19.3 Å². The summed E-state index contributed by atoms with van der Waals surface area (Å²) >= 11 is 0. The molecule has 2 rings (SSSR count). The molecule has 1 N–H and O–H groups in total. The molecule has 1 aliphatic rings. The van der Waals surface area contributed by atoms with Crippen LogP contribution >= 0.6 is 0 Å². The van der Waals surface area contributed by atoms with Crippen LogP contribution in [-0.2, 0) is 4.74 Å². The summed E-state index contributed by atoms with van der Waals surface area (Å²) in [6.07, 6.45) is 1.81. The summed E-state index contributed by atoms with van der Waals surface area (Å²) in [5, 5.41) is 0. The van der Waals surface area contributed by atoms with Crippen LogP contribution < -0.4 is 10.3 Å². The Balaban J connectivity index is 2.11. The van der Waals surface area contributed by atoms with E-state index in [0.29, 0.717) is 24.9 Å². The van der Waals surface area contributed by atoms with Crippen molar-refractivity contribution < 1.29 is 9.47 Å². The molecule has 0 bridgehead atoms. The lowest BCUT2D eigenvalue weighted by molar-refractivity contribution is 0.0235. The summed E-state index contributed by atoms with van der Waals surface area (Å²) in [4.78, 5) is 18.5. The van der Waals surface area contributed by atoms with Gasteiger partial charge in [-0.3, -0.25) is 4.79 Å². The van der Waals surface area contributed by atoms with Gasteiger partial charge in [0.25, 0.3) is 5.56 Å². The molecule has 5 heteroatoms. The molecule has 0 unspecified atom stereocenters. The first kappa shape index (κ1) is 12.1. The second-order valence-electron chi connectivity index (χ2n) is 4.55. The van der Waals surface area contributed by atoms with E-state index in [0.717, 1.165) is 12.8 Å². The van der Waals surface area contributed by atoms with E-state index in [4.69, 9.17) is 9.47 Å². The summed E-state index contributed by atoms with van der Waals surface area (Å²) in [5.41, 5.74) is -0.161. The van der Waals surface area contributed by atoms with Crippen molar-refractivity contribution in [2.75, 3.05) is 13.2 Å². The average Bonchev–Trinajstić information content (AvgIpc) is 2.29. The standard InChI is InChI=1S/C12H18N2O3/c1-8(2)12-13-10(15)7-11(14-12)17-9-3-5-16-6-4-9/h7-9H,3-6H2,1-2H3,(H,13,14,15). The molecule has 1 aromatic heterocycles. The number of nitrogens with one attached hydrogen (secondary N) is 1. The predicted molar refractivity (Wildman–Crippen MR) is 63.4 cm³/mol. The number of nitrogens with zero attached hydrogens (tertiary/aromatic N) is 1. The number of rotatable bonds is 3. The van der Waals surface area contributed by atoms with Gasteiger partial charge in [0.1, 0.15) is 11.9 Å². The highest BCUT2D eigenvalue weighted by molar-refractivity contribution is 5.11. The summed E-state index contributed by atoms with van der Waals surface area (Å²) in [5.74, 6) is 1.27. The molecule has 0 amide bonds. The van der Waals surface area contributed by atoms with Gasteiger partial charge in [-0.25, -0.2) is 0 Å². The van der Waals surface area contributed by atoms with E-state index in [-0.39, 0.29) is 17.6 Å². The van der Waals surface area contributed by atoms with Crippen molar-refractivity contribution >= 4 is 0 Å². The van der Waals surface area contributed by atoms with Crippen molar-refractivity contribution in [3.05, 3.63) is 22.2 Å². The third-order valence-electron chi connectivity index (χ3n) is 2.74. The molecule has 1 fully saturated rings. The van der Waals surface area contributed by atoms with Crippen LogP contribution in [-0.4, -0.2) is 29.3 Å². The van der Waals surface area contributed by atoms with Crippen LogP contribution in [0, 0.1) is 0 Å². The van der Waals surface area contributed by atoms with Crippen LogP contribution in [0.5, 0.6) is 5.88 Å². The van der Waals surface area contributed by atoms with Gasteiger partial charge in [-0.2, -0.15) is 4.98 Å². The van der Waals surface area contributed by atoms with E-state index < -0.39 is 0 Å².